The van der Waals surface area contributed by atoms with Gasteiger partial charge in [0.25, 0.3) is 5.91 Å². The number of rotatable bonds is 14. The predicted molar refractivity (Wildman–Crippen MR) is 211 cm³/mol. The Morgan fingerprint density at radius 2 is 1.31 bits per heavy atom. The van der Waals surface area contributed by atoms with Crippen LogP contribution >= 0.6 is 11.9 Å². The lowest BCUT2D eigenvalue weighted by Gasteiger charge is -2.31. The van der Waals surface area contributed by atoms with Crippen LogP contribution in [0.2, 0.25) is 0 Å². The van der Waals surface area contributed by atoms with Crippen LogP contribution < -0.4 is 15.1 Å². The average Bonchev–Trinajstić information content (AvgIpc) is 3.74. The van der Waals surface area contributed by atoms with Crippen molar-refractivity contribution in [3.05, 3.63) is 160 Å². The van der Waals surface area contributed by atoms with Crippen molar-refractivity contribution >= 4 is 29.4 Å². The predicted octanol–water partition coefficient (Wildman–Crippen LogP) is 10.6. The number of anilines is 1. The fraction of sp³-hybridized carbons (Fsp3) is 0.289. The van der Waals surface area contributed by atoms with Crippen LogP contribution in [0.5, 0.6) is 5.75 Å². The molecule has 1 saturated heterocycles. The summed E-state index contributed by atoms with van der Waals surface area (Å²) in [5, 5.41) is 0. The highest BCUT2D eigenvalue weighted by molar-refractivity contribution is 7.97. The van der Waals surface area contributed by atoms with Crippen molar-refractivity contribution in [2.45, 2.75) is 81.6 Å². The van der Waals surface area contributed by atoms with Gasteiger partial charge in [-0.05, 0) is 77.9 Å². The quantitative estimate of drug-likeness (QED) is 0.0396. The first-order chi connectivity index (χ1) is 28.2. The topological polar surface area (TPSA) is 71.1 Å². The summed E-state index contributed by atoms with van der Waals surface area (Å²) in [7, 11) is 0. The van der Waals surface area contributed by atoms with Gasteiger partial charge >= 0.3 is 0 Å². The second-order valence-electron chi connectivity index (χ2n) is 14.5. The summed E-state index contributed by atoms with van der Waals surface area (Å²) in [6.07, 6.45) is 6.50. The monoisotopic (exact) mass is 815 g/mol. The summed E-state index contributed by atoms with van der Waals surface area (Å²) in [5.74, 6) is -10.7. The molecule has 7 nitrogen and oxygen atoms in total. The molecule has 0 aromatic heterocycles. The van der Waals surface area contributed by atoms with E-state index in [0.717, 1.165) is 29.5 Å². The number of benzene rings is 5. The molecule has 0 bridgehead atoms. The number of halogens is 5. The number of hydroxylamine groups is 1. The second-order valence-corrected chi connectivity index (χ2v) is 15.5. The summed E-state index contributed by atoms with van der Waals surface area (Å²) in [6, 6.07) is 30.4. The Bertz CT molecular complexity index is 2180. The standard InChI is InChI=1S/C45H42F5N3O4S/c46-38-39(47)41(49)43(42(50)40(38)48)58-53-24-10-17-36(53)45(55)52(26-29-18-20-33(21-19-29)32-15-8-3-9-16-32)34-22-23-35(37(25-34)56-27-30-11-4-1-5-12-30)44(54)51-57-28-31-13-6-2-7-14-31/h1-2,4-7,11-14,18-23,25,32,36H,3,8-10,15-17,24,26-28H2,(H,51,54)/t36-/m1/s1. The van der Waals surface area contributed by atoms with Gasteiger partial charge in [0.15, 0.2) is 23.3 Å². The van der Waals surface area contributed by atoms with E-state index in [4.69, 9.17) is 9.57 Å². The van der Waals surface area contributed by atoms with Gasteiger partial charge < -0.3 is 9.64 Å². The second kappa shape index (κ2) is 19.0. The summed E-state index contributed by atoms with van der Waals surface area (Å²) in [5.41, 5.74) is 6.68. The summed E-state index contributed by atoms with van der Waals surface area (Å²) in [4.78, 5) is 34.2. The molecule has 5 aromatic carbocycles. The SMILES string of the molecule is O=C(NOCc1ccccc1)c1ccc(N(Cc2ccc(C3CCCCC3)cc2)C(=O)[C@H]2CCCN2Sc2c(F)c(F)c(F)c(F)c2F)cc1OCc1ccccc1. The van der Waals surface area contributed by atoms with E-state index in [-0.39, 0.29) is 44.0 Å². The molecule has 2 amide bonds. The fourth-order valence-corrected chi connectivity index (χ4v) is 8.52. The lowest BCUT2D eigenvalue weighted by Crippen LogP contribution is -2.43. The zero-order valence-corrected chi connectivity index (χ0v) is 32.4. The largest absolute Gasteiger partial charge is 0.488 e. The van der Waals surface area contributed by atoms with Gasteiger partial charge in [-0.2, -0.15) is 0 Å². The normalized spacial score (nSPS) is 16.0. The van der Waals surface area contributed by atoms with Gasteiger partial charge in [-0.25, -0.2) is 31.7 Å². The molecular weight excluding hydrogens is 774 g/mol. The Morgan fingerprint density at radius 1 is 0.690 bits per heavy atom. The molecule has 302 valence electrons. The van der Waals surface area contributed by atoms with Gasteiger partial charge in [-0.3, -0.25) is 14.4 Å². The van der Waals surface area contributed by atoms with Gasteiger partial charge in [0.1, 0.15) is 17.3 Å². The van der Waals surface area contributed by atoms with Gasteiger partial charge in [0.05, 0.1) is 24.8 Å². The molecule has 58 heavy (non-hydrogen) atoms. The van der Waals surface area contributed by atoms with Gasteiger partial charge in [-0.15, -0.1) is 0 Å². The maximum absolute atomic E-state index is 14.8. The highest BCUT2D eigenvalue weighted by Crippen LogP contribution is 2.39. The van der Waals surface area contributed by atoms with E-state index >= 15 is 0 Å². The number of nitrogens with one attached hydrogen (secondary N) is 1. The van der Waals surface area contributed by atoms with E-state index in [1.807, 2.05) is 72.8 Å². The average molecular weight is 816 g/mol. The molecule has 1 saturated carbocycles. The highest BCUT2D eigenvalue weighted by Gasteiger charge is 2.38. The molecule has 1 N–H and O–H groups in total. The molecule has 2 fully saturated rings. The smallest absolute Gasteiger partial charge is 0.278 e. The molecule has 0 spiro atoms. The molecule has 1 aliphatic carbocycles. The molecular formula is C45H42F5N3O4S. The first-order valence-electron chi connectivity index (χ1n) is 19.3. The molecule has 0 unspecified atom stereocenters. The third kappa shape index (κ3) is 9.54. The van der Waals surface area contributed by atoms with Crippen molar-refractivity contribution in [3.63, 3.8) is 0 Å². The maximum atomic E-state index is 14.8. The number of nitrogens with zero attached hydrogens (tertiary/aromatic N) is 2. The molecule has 1 aliphatic heterocycles. The van der Waals surface area contributed by atoms with Crippen LogP contribution in [-0.4, -0.2) is 28.7 Å². The van der Waals surface area contributed by atoms with Crippen molar-refractivity contribution < 1.29 is 41.1 Å². The lowest BCUT2D eigenvalue weighted by molar-refractivity contribution is -0.121. The molecule has 2 aliphatic rings. The van der Waals surface area contributed by atoms with Crippen LogP contribution in [0.4, 0.5) is 27.6 Å². The minimum atomic E-state index is -2.25. The molecule has 13 heteroatoms. The van der Waals surface area contributed by atoms with Gasteiger partial charge in [0, 0.05) is 18.3 Å². The highest BCUT2D eigenvalue weighted by atomic mass is 32.2. The molecule has 5 aromatic rings. The fourth-order valence-electron chi connectivity index (χ4n) is 7.40. The van der Waals surface area contributed by atoms with Crippen LogP contribution in [0.1, 0.15) is 83.5 Å². The Balaban J connectivity index is 1.21. The van der Waals surface area contributed by atoms with E-state index in [1.165, 1.54) is 40.1 Å². The number of hydrogen-bond donors (Lipinski definition) is 1. The minimum absolute atomic E-state index is 0.0746. The Kier molecular flexibility index (Phi) is 13.4. The van der Waals surface area contributed by atoms with E-state index in [1.54, 1.807) is 12.1 Å². The van der Waals surface area contributed by atoms with Crippen molar-refractivity contribution in [1.82, 2.24) is 9.79 Å². The number of hydrogen-bond acceptors (Lipinski definition) is 6. The van der Waals surface area contributed by atoms with Crippen LogP contribution in [-0.2, 0) is 29.4 Å². The van der Waals surface area contributed by atoms with Crippen molar-refractivity contribution in [3.8, 4) is 5.75 Å². The third-order valence-corrected chi connectivity index (χ3v) is 11.7. The van der Waals surface area contributed by atoms with Crippen molar-refractivity contribution in [2.75, 3.05) is 11.4 Å². The van der Waals surface area contributed by atoms with Gasteiger partial charge in [-0.1, -0.05) is 104 Å². The number of carbonyl (C=O) groups is 2. The Hall–Kier alpha value is -5.24. The number of amides is 2. The van der Waals surface area contributed by atoms with Gasteiger partial charge in [0.2, 0.25) is 11.7 Å². The Morgan fingerprint density at radius 3 is 1.97 bits per heavy atom. The van der Waals surface area contributed by atoms with E-state index in [2.05, 4.69) is 17.6 Å². The van der Waals surface area contributed by atoms with Crippen LogP contribution in [0.3, 0.4) is 0 Å². The number of carbonyl (C=O) groups excluding carboxylic acids is 2. The minimum Gasteiger partial charge on any atom is -0.488 e. The molecule has 0 radical (unpaired) electrons. The first kappa shape index (κ1) is 40.9. The van der Waals surface area contributed by atoms with E-state index in [9.17, 15) is 31.5 Å². The summed E-state index contributed by atoms with van der Waals surface area (Å²) in [6.45, 7) is 0.442. The van der Waals surface area contributed by atoms with Crippen molar-refractivity contribution in [2.24, 2.45) is 0 Å². The van der Waals surface area contributed by atoms with Crippen LogP contribution in [0, 0.1) is 29.1 Å². The van der Waals surface area contributed by atoms with Crippen LogP contribution in [0.25, 0.3) is 0 Å². The first-order valence-corrected chi connectivity index (χ1v) is 20.1. The summed E-state index contributed by atoms with van der Waals surface area (Å²) < 4.78 is 79.6. The summed E-state index contributed by atoms with van der Waals surface area (Å²) >= 11 is 0.333. The third-order valence-electron chi connectivity index (χ3n) is 10.5. The van der Waals surface area contributed by atoms with Crippen molar-refractivity contribution in [1.29, 1.82) is 0 Å². The Labute approximate surface area is 338 Å². The molecule has 7 rings (SSSR count). The maximum Gasteiger partial charge on any atom is 0.278 e. The molecule has 1 heterocycles. The zero-order valence-electron chi connectivity index (χ0n) is 31.6. The van der Waals surface area contributed by atoms with E-state index in [0.29, 0.717) is 30.0 Å². The lowest BCUT2D eigenvalue weighted by atomic mass is 9.84. The van der Waals surface area contributed by atoms with Crippen LogP contribution in [0.15, 0.2) is 108 Å². The molecule has 1 atom stereocenters. The zero-order chi connectivity index (χ0) is 40.6. The number of ether oxygens (including phenoxy) is 1. The van der Waals surface area contributed by atoms with E-state index < -0.39 is 51.8 Å².